The molecule has 0 spiro atoms. The van der Waals surface area contributed by atoms with Crippen LogP contribution in [0.25, 0.3) is 0 Å². The fourth-order valence-corrected chi connectivity index (χ4v) is 3.91. The highest BCUT2D eigenvalue weighted by molar-refractivity contribution is 7.89. The molecule has 1 amide bonds. The van der Waals surface area contributed by atoms with Crippen molar-refractivity contribution in [3.8, 4) is 0 Å². The number of nitrogens with one attached hydrogen (secondary N) is 2. The first-order chi connectivity index (χ1) is 12.8. The maximum absolute atomic E-state index is 12.4. The number of carbonyl (C=O) groups is 1. The smallest absolute Gasteiger partial charge is 0.242 e. The summed E-state index contributed by atoms with van der Waals surface area (Å²) in [6.45, 7) is 4.35. The van der Waals surface area contributed by atoms with Gasteiger partial charge in [0.15, 0.2) is 0 Å². The number of nitrogens with zero attached hydrogens (tertiary/aromatic N) is 1. The van der Waals surface area contributed by atoms with Crippen LogP contribution < -0.4 is 10.6 Å². The van der Waals surface area contributed by atoms with Gasteiger partial charge in [0.25, 0.3) is 0 Å². The Kier molecular flexibility index (Phi) is 6.98. The Bertz CT molecular complexity index is 908. The van der Waals surface area contributed by atoms with E-state index in [-0.39, 0.29) is 23.9 Å². The minimum Gasteiger partial charge on any atom is -0.376 e. The van der Waals surface area contributed by atoms with Crippen LogP contribution in [0.4, 0.5) is 5.69 Å². The van der Waals surface area contributed by atoms with Gasteiger partial charge < -0.3 is 10.6 Å². The molecule has 0 heterocycles. The Hall–Kier alpha value is -2.38. The van der Waals surface area contributed by atoms with E-state index < -0.39 is 10.0 Å². The lowest BCUT2D eigenvalue weighted by Crippen LogP contribution is -2.31. The van der Waals surface area contributed by atoms with Crippen molar-refractivity contribution < 1.29 is 13.2 Å². The lowest BCUT2D eigenvalue weighted by atomic mass is 10.1. The Balaban J connectivity index is 2.04. The van der Waals surface area contributed by atoms with Crippen LogP contribution in [-0.4, -0.2) is 39.3 Å². The van der Waals surface area contributed by atoms with Crippen LogP contribution in [0.5, 0.6) is 0 Å². The molecule has 0 fully saturated rings. The van der Waals surface area contributed by atoms with Crippen LogP contribution in [0, 0.1) is 6.92 Å². The number of aryl methyl sites for hydroxylation is 2. The van der Waals surface area contributed by atoms with Crippen molar-refractivity contribution in [1.82, 2.24) is 9.62 Å². The zero-order valence-corrected chi connectivity index (χ0v) is 17.1. The molecule has 6 nitrogen and oxygen atoms in total. The van der Waals surface area contributed by atoms with Crippen molar-refractivity contribution in [2.45, 2.75) is 31.7 Å². The Morgan fingerprint density at radius 3 is 2.37 bits per heavy atom. The summed E-state index contributed by atoms with van der Waals surface area (Å²) in [6, 6.07) is 12.7. The summed E-state index contributed by atoms with van der Waals surface area (Å²) in [5, 5.41) is 5.99. The minimum atomic E-state index is -3.56. The van der Waals surface area contributed by atoms with Crippen molar-refractivity contribution in [3.63, 3.8) is 0 Å². The van der Waals surface area contributed by atoms with Crippen LogP contribution in [0.15, 0.2) is 47.4 Å². The molecule has 146 valence electrons. The van der Waals surface area contributed by atoms with Crippen molar-refractivity contribution in [3.05, 3.63) is 59.2 Å². The van der Waals surface area contributed by atoms with E-state index in [2.05, 4.69) is 17.6 Å². The number of sulfonamides is 1. The summed E-state index contributed by atoms with van der Waals surface area (Å²) < 4.78 is 26.0. The molecule has 7 heteroatoms. The maximum Gasteiger partial charge on any atom is 0.242 e. The van der Waals surface area contributed by atoms with E-state index in [1.165, 1.54) is 18.4 Å². The fraction of sp³-hybridized carbons (Fsp3) is 0.350. The highest BCUT2D eigenvalue weighted by Gasteiger charge is 2.20. The lowest BCUT2D eigenvalue weighted by molar-refractivity contribution is -0.119. The van der Waals surface area contributed by atoms with Crippen molar-refractivity contribution in [1.29, 1.82) is 0 Å². The first kappa shape index (κ1) is 20.9. The molecule has 2 aromatic rings. The number of anilines is 1. The largest absolute Gasteiger partial charge is 0.376 e. The predicted molar refractivity (Wildman–Crippen MR) is 108 cm³/mol. The van der Waals surface area contributed by atoms with E-state index in [0.29, 0.717) is 5.56 Å². The van der Waals surface area contributed by atoms with Gasteiger partial charge in [-0.25, -0.2) is 12.7 Å². The number of para-hydroxylation sites is 1. The first-order valence-electron chi connectivity index (χ1n) is 8.86. The molecular formula is C20H27N3O3S. The molecule has 0 bridgehead atoms. The van der Waals surface area contributed by atoms with Gasteiger partial charge in [-0.05, 0) is 36.1 Å². The summed E-state index contributed by atoms with van der Waals surface area (Å²) in [4.78, 5) is 12.5. The molecule has 27 heavy (non-hydrogen) atoms. The SMILES string of the molecule is CCc1cccc(C)c1NCC(=O)NCc1ccccc1S(=O)(=O)N(C)C. The summed E-state index contributed by atoms with van der Waals surface area (Å²) in [5.41, 5.74) is 3.78. The monoisotopic (exact) mass is 389 g/mol. The Labute approximate surface area is 161 Å². The van der Waals surface area contributed by atoms with E-state index >= 15 is 0 Å². The van der Waals surface area contributed by atoms with Crippen molar-refractivity contribution in [2.75, 3.05) is 26.0 Å². The second kappa shape index (κ2) is 9.01. The average Bonchev–Trinajstić information content (AvgIpc) is 2.65. The van der Waals surface area contributed by atoms with Gasteiger partial charge in [-0.2, -0.15) is 0 Å². The second-order valence-corrected chi connectivity index (χ2v) is 8.61. The van der Waals surface area contributed by atoms with Crippen molar-refractivity contribution >= 4 is 21.6 Å². The summed E-state index contributed by atoms with van der Waals surface area (Å²) in [7, 11) is -0.582. The number of carbonyl (C=O) groups excluding carboxylic acids is 1. The number of rotatable bonds is 8. The molecule has 2 rings (SSSR count). The summed E-state index contributed by atoms with van der Waals surface area (Å²) in [5.74, 6) is -0.197. The van der Waals surface area contributed by atoms with Crippen LogP contribution in [0.3, 0.4) is 0 Å². The average molecular weight is 390 g/mol. The number of amides is 1. The molecule has 0 radical (unpaired) electrons. The molecule has 0 aliphatic rings. The summed E-state index contributed by atoms with van der Waals surface area (Å²) >= 11 is 0. The third-order valence-electron chi connectivity index (χ3n) is 4.37. The van der Waals surface area contributed by atoms with E-state index in [4.69, 9.17) is 0 Å². The normalized spacial score (nSPS) is 11.4. The number of hydrogen-bond donors (Lipinski definition) is 2. The maximum atomic E-state index is 12.4. The van der Waals surface area contributed by atoms with Gasteiger partial charge in [-0.1, -0.05) is 43.3 Å². The molecule has 0 aliphatic heterocycles. The van der Waals surface area contributed by atoms with E-state index in [9.17, 15) is 13.2 Å². The van der Waals surface area contributed by atoms with E-state index in [1.807, 2.05) is 25.1 Å². The first-order valence-corrected chi connectivity index (χ1v) is 10.3. The van der Waals surface area contributed by atoms with Crippen LogP contribution >= 0.6 is 0 Å². The molecule has 0 saturated heterocycles. The summed E-state index contributed by atoms with van der Waals surface area (Å²) in [6.07, 6.45) is 0.876. The lowest BCUT2D eigenvalue weighted by Gasteiger charge is -2.16. The van der Waals surface area contributed by atoms with Gasteiger partial charge in [-0.15, -0.1) is 0 Å². The minimum absolute atomic E-state index is 0.125. The quantitative estimate of drug-likeness (QED) is 0.727. The molecule has 0 aliphatic carbocycles. The third kappa shape index (κ3) is 5.08. The molecule has 2 aromatic carbocycles. The molecule has 0 unspecified atom stereocenters. The van der Waals surface area contributed by atoms with E-state index in [1.54, 1.807) is 24.3 Å². The number of hydrogen-bond acceptors (Lipinski definition) is 4. The van der Waals surface area contributed by atoms with Gasteiger partial charge in [0.05, 0.1) is 11.4 Å². The fourth-order valence-electron chi connectivity index (χ4n) is 2.80. The van der Waals surface area contributed by atoms with Gasteiger partial charge in [0, 0.05) is 26.3 Å². The van der Waals surface area contributed by atoms with Crippen LogP contribution in [-0.2, 0) is 27.8 Å². The van der Waals surface area contributed by atoms with Gasteiger partial charge in [0.2, 0.25) is 15.9 Å². The second-order valence-electron chi connectivity index (χ2n) is 6.49. The predicted octanol–water partition coefficient (Wildman–Crippen LogP) is 2.54. The van der Waals surface area contributed by atoms with Crippen LogP contribution in [0.2, 0.25) is 0 Å². The van der Waals surface area contributed by atoms with Gasteiger partial charge in [-0.3, -0.25) is 4.79 Å². The standard InChI is InChI=1S/C20H27N3O3S/c1-5-16-11-8-9-15(2)20(16)22-14-19(24)21-13-17-10-6-7-12-18(17)27(25,26)23(3)4/h6-12,22H,5,13-14H2,1-4H3,(H,21,24). The number of benzene rings is 2. The molecule has 0 saturated carbocycles. The highest BCUT2D eigenvalue weighted by atomic mass is 32.2. The Morgan fingerprint density at radius 1 is 1.04 bits per heavy atom. The van der Waals surface area contributed by atoms with Crippen molar-refractivity contribution in [2.24, 2.45) is 0 Å². The van der Waals surface area contributed by atoms with Crippen LogP contribution in [0.1, 0.15) is 23.6 Å². The molecule has 2 N–H and O–H groups in total. The zero-order valence-electron chi connectivity index (χ0n) is 16.2. The third-order valence-corrected chi connectivity index (χ3v) is 6.29. The molecular weight excluding hydrogens is 362 g/mol. The Morgan fingerprint density at radius 2 is 1.70 bits per heavy atom. The van der Waals surface area contributed by atoms with Gasteiger partial charge >= 0.3 is 0 Å². The topological polar surface area (TPSA) is 78.5 Å². The zero-order chi connectivity index (χ0) is 20.0. The molecule has 0 aromatic heterocycles. The molecule has 0 atom stereocenters. The van der Waals surface area contributed by atoms with E-state index in [0.717, 1.165) is 23.2 Å². The van der Waals surface area contributed by atoms with Gasteiger partial charge in [0.1, 0.15) is 0 Å². The highest BCUT2D eigenvalue weighted by Crippen LogP contribution is 2.21.